The van der Waals surface area contributed by atoms with Crippen molar-refractivity contribution in [2.75, 3.05) is 17.7 Å². The molecule has 0 spiro atoms. The molecule has 26 heavy (non-hydrogen) atoms. The summed E-state index contributed by atoms with van der Waals surface area (Å²) in [7, 11) is -1.14. The fraction of sp³-hybridized carbons (Fsp3) is 0.368. The van der Waals surface area contributed by atoms with Crippen LogP contribution in [0.5, 0.6) is 5.75 Å². The predicted octanol–water partition coefficient (Wildman–Crippen LogP) is 2.92. The Kier molecular flexibility index (Phi) is 6.22. The van der Waals surface area contributed by atoms with E-state index in [0.29, 0.717) is 30.4 Å². The molecule has 138 valence electrons. The first kappa shape index (κ1) is 18.4. The van der Waals surface area contributed by atoms with Crippen molar-refractivity contribution in [1.29, 1.82) is 0 Å². The molecule has 0 bridgehead atoms. The second-order valence-corrected chi connectivity index (χ2v) is 7.56. The number of rotatable bonds is 9. The summed E-state index contributed by atoms with van der Waals surface area (Å²) >= 11 is 0. The second kappa shape index (κ2) is 8.80. The van der Waals surface area contributed by atoms with E-state index < -0.39 is 10.8 Å². The maximum Gasteiger partial charge on any atom is 0.224 e. The highest BCUT2D eigenvalue weighted by Gasteiger charge is 2.15. The molecule has 0 radical (unpaired) electrons. The molecule has 1 atom stereocenters. The summed E-state index contributed by atoms with van der Waals surface area (Å²) in [6.45, 7) is 4.94. The Labute approximate surface area is 155 Å². The van der Waals surface area contributed by atoms with Gasteiger partial charge >= 0.3 is 0 Å². The molecule has 2 heterocycles. The molecule has 6 nitrogen and oxygen atoms in total. The summed E-state index contributed by atoms with van der Waals surface area (Å²) in [5.74, 6) is 1.34. The maximum absolute atomic E-state index is 12.4. The minimum atomic E-state index is -1.14. The fourth-order valence-electron chi connectivity index (χ4n) is 2.83. The van der Waals surface area contributed by atoms with E-state index in [1.165, 1.54) is 0 Å². The highest BCUT2D eigenvalue weighted by Crippen LogP contribution is 2.26. The summed E-state index contributed by atoms with van der Waals surface area (Å²) < 4.78 is 20.1. The van der Waals surface area contributed by atoms with Gasteiger partial charge < -0.3 is 14.6 Å². The van der Waals surface area contributed by atoms with Gasteiger partial charge in [0.15, 0.2) is 5.16 Å². The Balaban J connectivity index is 1.47. The van der Waals surface area contributed by atoms with Gasteiger partial charge in [0, 0.05) is 36.8 Å². The number of hydrogen-bond acceptors (Lipinski definition) is 4. The van der Waals surface area contributed by atoms with Crippen LogP contribution in [0.1, 0.15) is 24.8 Å². The molecule has 1 aliphatic heterocycles. The van der Waals surface area contributed by atoms with Gasteiger partial charge in [0.2, 0.25) is 5.91 Å². The van der Waals surface area contributed by atoms with Crippen LogP contribution in [0.25, 0.3) is 0 Å². The van der Waals surface area contributed by atoms with Crippen LogP contribution >= 0.6 is 0 Å². The van der Waals surface area contributed by atoms with E-state index in [-0.39, 0.29) is 5.91 Å². The minimum Gasteiger partial charge on any atom is -0.494 e. The number of carbonyl (C=O) groups excluding carboxylic acids is 1. The number of benzene rings is 1. The SMILES string of the molecule is C=CCCn1ccnc1S(=O)CCCOc1ccc2c(c1)CCC(=O)N2. The molecule has 1 unspecified atom stereocenters. The van der Waals surface area contributed by atoms with Gasteiger partial charge in [-0.05, 0) is 43.0 Å². The number of amides is 1. The van der Waals surface area contributed by atoms with Gasteiger partial charge in [0.25, 0.3) is 0 Å². The standard InChI is InChI=1S/C19H23N3O3S/c1-2-3-10-22-11-9-20-19(22)26(24)13-4-12-25-16-6-7-17-15(14-16)5-8-18(23)21-17/h2,6-7,9,11,14H,1,3-5,8,10,12-13H2,(H,21,23). The quantitative estimate of drug-likeness (QED) is 0.542. The Hall–Kier alpha value is -2.41. The lowest BCUT2D eigenvalue weighted by Gasteiger charge is -2.17. The van der Waals surface area contributed by atoms with Gasteiger partial charge in [-0.15, -0.1) is 6.58 Å². The van der Waals surface area contributed by atoms with Crippen LogP contribution in [0.3, 0.4) is 0 Å². The van der Waals surface area contributed by atoms with Gasteiger partial charge in [0.1, 0.15) is 5.75 Å². The summed E-state index contributed by atoms with van der Waals surface area (Å²) in [6, 6.07) is 5.69. The Morgan fingerprint density at radius 1 is 1.38 bits per heavy atom. The fourth-order valence-corrected chi connectivity index (χ4v) is 3.98. The number of ether oxygens (including phenoxy) is 1. The first-order chi connectivity index (χ1) is 12.7. The van der Waals surface area contributed by atoms with Crippen molar-refractivity contribution in [2.45, 2.75) is 37.4 Å². The average molecular weight is 373 g/mol. The predicted molar refractivity (Wildman–Crippen MR) is 102 cm³/mol. The number of aryl methyl sites for hydroxylation is 2. The number of aromatic nitrogens is 2. The first-order valence-corrected chi connectivity index (χ1v) is 10.1. The molecule has 1 amide bonds. The molecule has 7 heteroatoms. The molecule has 0 saturated heterocycles. The second-order valence-electron chi connectivity index (χ2n) is 6.10. The van der Waals surface area contributed by atoms with Gasteiger partial charge in [0.05, 0.1) is 17.4 Å². The molecule has 2 aromatic rings. The Morgan fingerprint density at radius 3 is 3.12 bits per heavy atom. The van der Waals surface area contributed by atoms with Crippen LogP contribution in [-0.4, -0.2) is 32.0 Å². The number of carbonyl (C=O) groups is 1. The van der Waals surface area contributed by atoms with Crippen molar-refractivity contribution in [3.63, 3.8) is 0 Å². The lowest BCUT2D eigenvalue weighted by Crippen LogP contribution is -2.18. The Morgan fingerprint density at radius 2 is 2.27 bits per heavy atom. The zero-order valence-electron chi connectivity index (χ0n) is 14.6. The Bertz CT molecular complexity index is 816. The zero-order valence-corrected chi connectivity index (χ0v) is 15.5. The summed E-state index contributed by atoms with van der Waals surface area (Å²) in [4.78, 5) is 15.6. The van der Waals surface area contributed by atoms with Crippen LogP contribution < -0.4 is 10.1 Å². The van der Waals surface area contributed by atoms with E-state index in [2.05, 4.69) is 16.9 Å². The minimum absolute atomic E-state index is 0.0556. The monoisotopic (exact) mass is 373 g/mol. The largest absolute Gasteiger partial charge is 0.494 e. The van der Waals surface area contributed by atoms with Crippen LogP contribution in [0.2, 0.25) is 0 Å². The topological polar surface area (TPSA) is 73.2 Å². The molecule has 1 N–H and O–H groups in total. The highest BCUT2D eigenvalue weighted by molar-refractivity contribution is 7.84. The number of nitrogens with zero attached hydrogens (tertiary/aromatic N) is 2. The van der Waals surface area contributed by atoms with Crippen molar-refractivity contribution >= 4 is 22.4 Å². The zero-order chi connectivity index (χ0) is 18.4. The molecule has 0 aliphatic carbocycles. The number of allylic oxidation sites excluding steroid dienone is 1. The summed E-state index contributed by atoms with van der Waals surface area (Å²) in [6.07, 6.45) is 8.10. The van der Waals surface area contributed by atoms with Gasteiger partial charge in [-0.25, -0.2) is 4.98 Å². The van der Waals surface area contributed by atoms with Crippen molar-refractivity contribution in [2.24, 2.45) is 0 Å². The van der Waals surface area contributed by atoms with Gasteiger partial charge in [-0.1, -0.05) is 6.08 Å². The van der Waals surface area contributed by atoms with Gasteiger partial charge in [-0.3, -0.25) is 9.00 Å². The van der Waals surface area contributed by atoms with E-state index in [0.717, 1.165) is 36.4 Å². The third-order valence-electron chi connectivity index (χ3n) is 4.17. The molecule has 1 aromatic heterocycles. The van der Waals surface area contributed by atoms with E-state index in [1.54, 1.807) is 6.20 Å². The number of anilines is 1. The lowest BCUT2D eigenvalue weighted by atomic mass is 10.0. The molecule has 0 saturated carbocycles. The lowest BCUT2D eigenvalue weighted by molar-refractivity contribution is -0.116. The average Bonchev–Trinajstić information content (AvgIpc) is 3.12. The van der Waals surface area contributed by atoms with Crippen LogP contribution in [0.4, 0.5) is 5.69 Å². The molecule has 1 aliphatic rings. The van der Waals surface area contributed by atoms with Crippen molar-refractivity contribution < 1.29 is 13.7 Å². The van der Waals surface area contributed by atoms with E-state index in [1.807, 2.05) is 35.0 Å². The normalized spacial score (nSPS) is 14.4. The third-order valence-corrected chi connectivity index (χ3v) is 5.58. The van der Waals surface area contributed by atoms with Gasteiger partial charge in [-0.2, -0.15) is 0 Å². The number of imidazole rings is 1. The molecular formula is C19H23N3O3S. The van der Waals surface area contributed by atoms with E-state index in [4.69, 9.17) is 4.74 Å². The van der Waals surface area contributed by atoms with Crippen molar-refractivity contribution in [3.05, 3.63) is 48.8 Å². The molecule has 3 rings (SSSR count). The van der Waals surface area contributed by atoms with Crippen LogP contribution in [0, 0.1) is 0 Å². The molecule has 0 fully saturated rings. The maximum atomic E-state index is 12.4. The molecule has 1 aromatic carbocycles. The number of nitrogens with one attached hydrogen (secondary N) is 1. The van der Waals surface area contributed by atoms with E-state index >= 15 is 0 Å². The molecular weight excluding hydrogens is 350 g/mol. The summed E-state index contributed by atoms with van der Waals surface area (Å²) in [5.41, 5.74) is 1.95. The van der Waals surface area contributed by atoms with E-state index in [9.17, 15) is 9.00 Å². The summed E-state index contributed by atoms with van der Waals surface area (Å²) in [5, 5.41) is 3.46. The highest BCUT2D eigenvalue weighted by atomic mass is 32.2. The third kappa shape index (κ3) is 4.60. The smallest absolute Gasteiger partial charge is 0.224 e. The first-order valence-electron chi connectivity index (χ1n) is 8.73. The van der Waals surface area contributed by atoms with Crippen LogP contribution in [-0.2, 0) is 28.6 Å². The number of hydrogen-bond donors (Lipinski definition) is 1. The van der Waals surface area contributed by atoms with Crippen molar-refractivity contribution in [1.82, 2.24) is 9.55 Å². The number of fused-ring (bicyclic) bond motifs is 1. The van der Waals surface area contributed by atoms with Crippen LogP contribution in [0.15, 0.2) is 48.4 Å². The van der Waals surface area contributed by atoms with Crippen molar-refractivity contribution in [3.8, 4) is 5.75 Å².